The largest absolute Gasteiger partial charge is 0.334 e. The number of hydrogen-bond acceptors (Lipinski definition) is 2. The first-order chi connectivity index (χ1) is 8.04. The first kappa shape index (κ1) is 12.9. The molecule has 0 spiro atoms. The van der Waals surface area contributed by atoms with E-state index in [2.05, 4.69) is 31.0 Å². The SMILES string of the molecule is CC1CNCC(C)N1C(=O)C1(C)CCCCC1. The van der Waals surface area contributed by atoms with Crippen molar-refractivity contribution in [1.82, 2.24) is 10.2 Å². The zero-order valence-corrected chi connectivity index (χ0v) is 11.5. The molecule has 2 atom stereocenters. The second-order valence-electron chi connectivity index (χ2n) is 6.19. The standard InChI is InChI=1S/C14H26N2O/c1-11-9-15-10-12(2)16(11)13(17)14(3)7-5-4-6-8-14/h11-12,15H,4-10H2,1-3H3. The van der Waals surface area contributed by atoms with E-state index in [4.69, 9.17) is 0 Å². The van der Waals surface area contributed by atoms with E-state index in [-0.39, 0.29) is 5.41 Å². The van der Waals surface area contributed by atoms with Gasteiger partial charge in [0.2, 0.25) is 5.91 Å². The molecule has 98 valence electrons. The third kappa shape index (κ3) is 2.49. The summed E-state index contributed by atoms with van der Waals surface area (Å²) in [6, 6.07) is 0.676. The highest BCUT2D eigenvalue weighted by atomic mass is 16.2. The molecule has 2 rings (SSSR count). The smallest absolute Gasteiger partial charge is 0.229 e. The number of amides is 1. The van der Waals surface area contributed by atoms with Gasteiger partial charge < -0.3 is 10.2 Å². The summed E-state index contributed by atoms with van der Waals surface area (Å²) in [7, 11) is 0. The van der Waals surface area contributed by atoms with E-state index in [1.807, 2.05) is 0 Å². The minimum Gasteiger partial charge on any atom is -0.334 e. The Labute approximate surface area is 105 Å². The Hall–Kier alpha value is -0.570. The van der Waals surface area contributed by atoms with Crippen LogP contribution in [0.25, 0.3) is 0 Å². The summed E-state index contributed by atoms with van der Waals surface area (Å²) in [6.45, 7) is 8.37. The lowest BCUT2D eigenvalue weighted by Gasteiger charge is -2.45. The number of carbonyl (C=O) groups excluding carboxylic acids is 1. The summed E-state index contributed by atoms with van der Waals surface area (Å²) < 4.78 is 0. The first-order valence-electron chi connectivity index (χ1n) is 7.08. The van der Waals surface area contributed by atoms with Gasteiger partial charge in [-0.25, -0.2) is 0 Å². The van der Waals surface area contributed by atoms with Crippen LogP contribution >= 0.6 is 0 Å². The molecule has 1 heterocycles. The van der Waals surface area contributed by atoms with Crippen molar-refractivity contribution in [2.45, 2.75) is 65.0 Å². The van der Waals surface area contributed by atoms with Crippen molar-refractivity contribution in [3.8, 4) is 0 Å². The van der Waals surface area contributed by atoms with Crippen molar-refractivity contribution in [1.29, 1.82) is 0 Å². The van der Waals surface area contributed by atoms with Gasteiger partial charge in [-0.15, -0.1) is 0 Å². The summed E-state index contributed by atoms with van der Waals surface area (Å²) >= 11 is 0. The summed E-state index contributed by atoms with van der Waals surface area (Å²) in [6.07, 6.45) is 5.90. The minimum absolute atomic E-state index is 0.0852. The van der Waals surface area contributed by atoms with E-state index < -0.39 is 0 Å². The lowest BCUT2D eigenvalue weighted by atomic mass is 9.74. The van der Waals surface area contributed by atoms with Crippen LogP contribution in [0.1, 0.15) is 52.9 Å². The van der Waals surface area contributed by atoms with Crippen LogP contribution in [0.4, 0.5) is 0 Å². The fraction of sp³-hybridized carbons (Fsp3) is 0.929. The van der Waals surface area contributed by atoms with Gasteiger partial charge in [0.1, 0.15) is 0 Å². The number of nitrogens with one attached hydrogen (secondary N) is 1. The number of hydrogen-bond donors (Lipinski definition) is 1. The van der Waals surface area contributed by atoms with Crippen LogP contribution in [0.3, 0.4) is 0 Å². The van der Waals surface area contributed by atoms with Gasteiger partial charge in [0.15, 0.2) is 0 Å². The Bertz CT molecular complexity index is 274. The normalized spacial score (nSPS) is 33.5. The third-order valence-electron chi connectivity index (χ3n) is 4.54. The van der Waals surface area contributed by atoms with Crippen LogP contribution in [0.15, 0.2) is 0 Å². The second kappa shape index (κ2) is 4.97. The number of carbonyl (C=O) groups is 1. The molecule has 1 saturated carbocycles. The molecule has 1 aliphatic carbocycles. The zero-order valence-electron chi connectivity index (χ0n) is 11.5. The van der Waals surface area contributed by atoms with E-state index >= 15 is 0 Å². The van der Waals surface area contributed by atoms with Gasteiger partial charge in [0, 0.05) is 30.6 Å². The van der Waals surface area contributed by atoms with Gasteiger partial charge in [0.05, 0.1) is 0 Å². The lowest BCUT2D eigenvalue weighted by molar-refractivity contribution is -0.148. The van der Waals surface area contributed by atoms with Crippen LogP contribution in [0.5, 0.6) is 0 Å². The van der Waals surface area contributed by atoms with E-state index in [9.17, 15) is 4.79 Å². The zero-order chi connectivity index (χ0) is 12.5. The van der Waals surface area contributed by atoms with Crippen molar-refractivity contribution >= 4 is 5.91 Å². The van der Waals surface area contributed by atoms with Crippen molar-refractivity contribution in [2.75, 3.05) is 13.1 Å². The van der Waals surface area contributed by atoms with E-state index in [0.29, 0.717) is 18.0 Å². The van der Waals surface area contributed by atoms with Crippen molar-refractivity contribution in [3.05, 3.63) is 0 Å². The summed E-state index contributed by atoms with van der Waals surface area (Å²) in [5.74, 6) is 0.402. The molecule has 2 aliphatic rings. The van der Waals surface area contributed by atoms with Crippen LogP contribution in [0.2, 0.25) is 0 Å². The van der Waals surface area contributed by atoms with Crippen molar-refractivity contribution in [3.63, 3.8) is 0 Å². The predicted octanol–water partition coefficient (Wildman–Crippen LogP) is 2.17. The molecule has 3 nitrogen and oxygen atoms in total. The molecule has 0 aromatic heterocycles. The maximum Gasteiger partial charge on any atom is 0.229 e. The molecule has 1 aliphatic heterocycles. The predicted molar refractivity (Wildman–Crippen MR) is 69.8 cm³/mol. The highest BCUT2D eigenvalue weighted by Crippen LogP contribution is 2.38. The molecule has 0 aromatic rings. The highest BCUT2D eigenvalue weighted by Gasteiger charge is 2.41. The van der Waals surface area contributed by atoms with Crippen LogP contribution in [-0.4, -0.2) is 36.0 Å². The molecule has 2 fully saturated rings. The molecule has 1 saturated heterocycles. The van der Waals surface area contributed by atoms with Crippen molar-refractivity contribution in [2.24, 2.45) is 5.41 Å². The van der Waals surface area contributed by atoms with Gasteiger partial charge in [0.25, 0.3) is 0 Å². The summed E-state index contributed by atoms with van der Waals surface area (Å²) in [4.78, 5) is 14.9. The van der Waals surface area contributed by atoms with Crippen LogP contribution in [-0.2, 0) is 4.79 Å². The Morgan fingerprint density at radius 2 is 1.65 bits per heavy atom. The maximum absolute atomic E-state index is 12.8. The second-order valence-corrected chi connectivity index (χ2v) is 6.19. The maximum atomic E-state index is 12.8. The molecule has 17 heavy (non-hydrogen) atoms. The average molecular weight is 238 g/mol. The topological polar surface area (TPSA) is 32.3 Å². The molecule has 0 bridgehead atoms. The van der Waals surface area contributed by atoms with Crippen LogP contribution < -0.4 is 5.32 Å². The average Bonchev–Trinajstić information content (AvgIpc) is 2.29. The van der Waals surface area contributed by atoms with Crippen molar-refractivity contribution < 1.29 is 4.79 Å². The molecule has 3 heteroatoms. The molecule has 1 amide bonds. The van der Waals surface area contributed by atoms with Gasteiger partial charge in [-0.3, -0.25) is 4.79 Å². The molecule has 1 N–H and O–H groups in total. The van der Waals surface area contributed by atoms with E-state index in [0.717, 1.165) is 25.9 Å². The van der Waals surface area contributed by atoms with Gasteiger partial charge in [-0.05, 0) is 26.7 Å². The molecule has 0 aromatic carbocycles. The number of piperazine rings is 1. The van der Waals surface area contributed by atoms with Gasteiger partial charge in [-0.2, -0.15) is 0 Å². The molecule has 2 unspecified atom stereocenters. The fourth-order valence-electron chi connectivity index (χ4n) is 3.39. The molecular formula is C14H26N2O. The van der Waals surface area contributed by atoms with E-state index in [1.54, 1.807) is 0 Å². The Balaban J connectivity index is 2.11. The van der Waals surface area contributed by atoms with E-state index in [1.165, 1.54) is 19.3 Å². The highest BCUT2D eigenvalue weighted by molar-refractivity contribution is 5.83. The quantitative estimate of drug-likeness (QED) is 0.759. The lowest BCUT2D eigenvalue weighted by Crippen LogP contribution is -2.60. The first-order valence-corrected chi connectivity index (χ1v) is 7.08. The Morgan fingerprint density at radius 3 is 2.18 bits per heavy atom. The molecular weight excluding hydrogens is 212 g/mol. The van der Waals surface area contributed by atoms with Crippen LogP contribution in [0, 0.1) is 5.41 Å². The Kier molecular flexibility index (Phi) is 3.76. The number of rotatable bonds is 1. The molecule has 0 radical (unpaired) electrons. The monoisotopic (exact) mass is 238 g/mol. The van der Waals surface area contributed by atoms with Gasteiger partial charge >= 0.3 is 0 Å². The summed E-state index contributed by atoms with van der Waals surface area (Å²) in [5, 5.41) is 3.39. The minimum atomic E-state index is -0.0852. The van der Waals surface area contributed by atoms with Gasteiger partial charge in [-0.1, -0.05) is 26.2 Å². The Morgan fingerprint density at radius 1 is 1.12 bits per heavy atom. The number of nitrogens with zero attached hydrogens (tertiary/aromatic N) is 1. The fourth-order valence-corrected chi connectivity index (χ4v) is 3.39. The third-order valence-corrected chi connectivity index (χ3v) is 4.54. The summed E-state index contributed by atoms with van der Waals surface area (Å²) in [5.41, 5.74) is -0.0852.